The number of hydrogen-bond donors (Lipinski definition) is 1. The van der Waals surface area contributed by atoms with Crippen molar-refractivity contribution in [3.8, 4) is 5.75 Å². The molecule has 0 radical (unpaired) electrons. The number of ether oxygens (including phenoxy) is 1. The summed E-state index contributed by atoms with van der Waals surface area (Å²) < 4.78 is 5.65. The van der Waals surface area contributed by atoms with Crippen LogP contribution in [0, 0.1) is 0 Å². The Morgan fingerprint density at radius 3 is 2.06 bits per heavy atom. The molecule has 0 aliphatic carbocycles. The molecule has 0 saturated heterocycles. The van der Waals surface area contributed by atoms with Crippen LogP contribution in [0.4, 0.5) is 0 Å². The molecule has 0 amide bonds. The lowest BCUT2D eigenvalue weighted by atomic mass is 10.2. The first-order chi connectivity index (χ1) is 8.28. The number of nitrogens with two attached hydrogens (primary N) is 1. The van der Waals surface area contributed by atoms with Crippen molar-refractivity contribution in [1.29, 1.82) is 0 Å². The third-order valence-corrected chi connectivity index (χ3v) is 2.73. The van der Waals surface area contributed by atoms with Crippen LogP contribution >= 0.6 is 11.6 Å². The minimum Gasteiger partial charge on any atom is -0.489 e. The summed E-state index contributed by atoms with van der Waals surface area (Å²) in [5.74, 6) is 0.845. The minimum atomic E-state index is 0.541. The van der Waals surface area contributed by atoms with E-state index < -0.39 is 0 Å². The maximum Gasteiger partial charge on any atom is 0.119 e. The van der Waals surface area contributed by atoms with Gasteiger partial charge in [0.2, 0.25) is 0 Å². The zero-order chi connectivity index (χ0) is 12.1. The van der Waals surface area contributed by atoms with Crippen LogP contribution < -0.4 is 10.5 Å². The quantitative estimate of drug-likeness (QED) is 0.899. The average molecular weight is 248 g/mol. The van der Waals surface area contributed by atoms with Crippen molar-refractivity contribution >= 4 is 11.6 Å². The van der Waals surface area contributed by atoms with Gasteiger partial charge in [0.15, 0.2) is 0 Å². The molecule has 0 spiro atoms. The molecule has 0 aliphatic heterocycles. The Morgan fingerprint density at radius 2 is 1.47 bits per heavy atom. The first-order valence-corrected chi connectivity index (χ1v) is 5.82. The Hall–Kier alpha value is -1.51. The van der Waals surface area contributed by atoms with Gasteiger partial charge >= 0.3 is 0 Å². The number of rotatable bonds is 4. The highest BCUT2D eigenvalue weighted by Gasteiger charge is 1.96. The van der Waals surface area contributed by atoms with E-state index in [0.29, 0.717) is 13.2 Å². The summed E-state index contributed by atoms with van der Waals surface area (Å²) in [4.78, 5) is 0. The van der Waals surface area contributed by atoms with E-state index in [4.69, 9.17) is 22.1 Å². The summed E-state index contributed by atoms with van der Waals surface area (Å²) >= 11 is 5.81. The van der Waals surface area contributed by atoms with Crippen LogP contribution in [0.15, 0.2) is 48.5 Å². The Morgan fingerprint density at radius 1 is 0.882 bits per heavy atom. The second-order valence-corrected chi connectivity index (χ2v) is 4.20. The fourth-order valence-corrected chi connectivity index (χ4v) is 1.60. The van der Waals surface area contributed by atoms with Crippen molar-refractivity contribution in [2.75, 3.05) is 0 Å². The largest absolute Gasteiger partial charge is 0.489 e. The second-order valence-electron chi connectivity index (χ2n) is 3.76. The van der Waals surface area contributed by atoms with E-state index in [-0.39, 0.29) is 0 Å². The van der Waals surface area contributed by atoms with Crippen molar-refractivity contribution in [3.63, 3.8) is 0 Å². The van der Waals surface area contributed by atoms with Gasteiger partial charge in [-0.25, -0.2) is 0 Å². The molecule has 2 aromatic rings. The van der Waals surface area contributed by atoms with Gasteiger partial charge in [-0.3, -0.25) is 0 Å². The number of benzene rings is 2. The molecule has 2 rings (SSSR count). The van der Waals surface area contributed by atoms with Crippen LogP contribution in [0.3, 0.4) is 0 Å². The fraction of sp³-hybridized carbons (Fsp3) is 0.143. The zero-order valence-corrected chi connectivity index (χ0v) is 10.2. The molecule has 17 heavy (non-hydrogen) atoms. The van der Waals surface area contributed by atoms with E-state index in [1.165, 1.54) is 0 Å². The average Bonchev–Trinajstić information content (AvgIpc) is 2.39. The lowest BCUT2D eigenvalue weighted by molar-refractivity contribution is 0.306. The van der Waals surface area contributed by atoms with Gasteiger partial charge in [0.1, 0.15) is 12.4 Å². The van der Waals surface area contributed by atoms with Crippen molar-refractivity contribution in [2.24, 2.45) is 5.73 Å². The van der Waals surface area contributed by atoms with E-state index in [1.54, 1.807) is 0 Å². The SMILES string of the molecule is NCc1ccc(OCc2ccc(Cl)cc2)cc1. The third-order valence-electron chi connectivity index (χ3n) is 2.48. The Balaban J connectivity index is 1.95. The van der Waals surface area contributed by atoms with E-state index in [9.17, 15) is 0 Å². The lowest BCUT2D eigenvalue weighted by Crippen LogP contribution is -1.97. The van der Waals surface area contributed by atoms with Crippen molar-refractivity contribution in [1.82, 2.24) is 0 Å². The van der Waals surface area contributed by atoms with Crippen LogP contribution in [-0.4, -0.2) is 0 Å². The van der Waals surface area contributed by atoms with Crippen LogP contribution in [0.5, 0.6) is 5.75 Å². The summed E-state index contributed by atoms with van der Waals surface area (Å²) in [5.41, 5.74) is 7.72. The van der Waals surface area contributed by atoms with Crippen LogP contribution in [0.1, 0.15) is 11.1 Å². The fourth-order valence-electron chi connectivity index (χ4n) is 1.47. The van der Waals surface area contributed by atoms with E-state index in [2.05, 4.69) is 0 Å². The smallest absolute Gasteiger partial charge is 0.119 e. The highest BCUT2D eigenvalue weighted by atomic mass is 35.5. The molecule has 0 aromatic heterocycles. The Labute approximate surface area is 106 Å². The molecule has 3 heteroatoms. The Kier molecular flexibility index (Phi) is 4.02. The summed E-state index contributed by atoms with van der Waals surface area (Å²) in [6.07, 6.45) is 0. The van der Waals surface area contributed by atoms with Gasteiger partial charge in [-0.15, -0.1) is 0 Å². The molecule has 0 aliphatic rings. The van der Waals surface area contributed by atoms with Crippen molar-refractivity contribution in [3.05, 3.63) is 64.7 Å². The van der Waals surface area contributed by atoms with Gasteiger partial charge in [0.25, 0.3) is 0 Å². The molecule has 0 bridgehead atoms. The molecule has 2 aromatic carbocycles. The summed E-state index contributed by atoms with van der Waals surface area (Å²) in [5, 5.41) is 0.737. The molecule has 0 heterocycles. The molecule has 0 saturated carbocycles. The van der Waals surface area contributed by atoms with Crippen molar-refractivity contribution in [2.45, 2.75) is 13.2 Å². The third kappa shape index (κ3) is 3.48. The summed E-state index contributed by atoms with van der Waals surface area (Å²) in [7, 11) is 0. The van der Waals surface area contributed by atoms with E-state index in [1.807, 2.05) is 48.5 Å². The number of halogens is 1. The van der Waals surface area contributed by atoms with Crippen LogP contribution in [0.2, 0.25) is 5.02 Å². The molecule has 2 nitrogen and oxygen atoms in total. The van der Waals surface area contributed by atoms with Gasteiger partial charge in [-0.05, 0) is 35.4 Å². The van der Waals surface area contributed by atoms with Gasteiger partial charge < -0.3 is 10.5 Å². The predicted octanol–water partition coefficient (Wildman–Crippen LogP) is 3.38. The van der Waals surface area contributed by atoms with E-state index in [0.717, 1.165) is 21.9 Å². The monoisotopic (exact) mass is 247 g/mol. The number of hydrogen-bond acceptors (Lipinski definition) is 2. The second kappa shape index (κ2) is 5.71. The molecular weight excluding hydrogens is 234 g/mol. The first kappa shape index (κ1) is 12.0. The maximum atomic E-state index is 5.81. The van der Waals surface area contributed by atoms with E-state index >= 15 is 0 Å². The Bertz CT molecular complexity index is 465. The standard InChI is InChI=1S/C14H14ClNO/c15-13-5-1-12(2-6-13)10-17-14-7-3-11(9-16)4-8-14/h1-8H,9-10,16H2. The van der Waals surface area contributed by atoms with Gasteiger partial charge in [-0.1, -0.05) is 35.9 Å². The normalized spacial score (nSPS) is 10.2. The highest BCUT2D eigenvalue weighted by Crippen LogP contribution is 2.15. The zero-order valence-electron chi connectivity index (χ0n) is 9.40. The predicted molar refractivity (Wildman–Crippen MR) is 70.1 cm³/mol. The van der Waals surface area contributed by atoms with Gasteiger partial charge in [-0.2, -0.15) is 0 Å². The maximum absolute atomic E-state index is 5.81. The van der Waals surface area contributed by atoms with Gasteiger partial charge in [0.05, 0.1) is 0 Å². The molecule has 2 N–H and O–H groups in total. The minimum absolute atomic E-state index is 0.541. The summed E-state index contributed by atoms with van der Waals surface area (Å²) in [6, 6.07) is 15.4. The van der Waals surface area contributed by atoms with Crippen LogP contribution in [-0.2, 0) is 13.2 Å². The summed E-state index contributed by atoms with van der Waals surface area (Å²) in [6.45, 7) is 1.09. The molecule has 88 valence electrons. The lowest BCUT2D eigenvalue weighted by Gasteiger charge is -2.07. The molecule has 0 atom stereocenters. The molecular formula is C14H14ClNO. The van der Waals surface area contributed by atoms with Crippen molar-refractivity contribution < 1.29 is 4.74 Å². The van der Waals surface area contributed by atoms with Crippen LogP contribution in [0.25, 0.3) is 0 Å². The van der Waals surface area contributed by atoms with Gasteiger partial charge in [0, 0.05) is 11.6 Å². The topological polar surface area (TPSA) is 35.2 Å². The molecule has 0 fully saturated rings. The first-order valence-electron chi connectivity index (χ1n) is 5.44. The highest BCUT2D eigenvalue weighted by molar-refractivity contribution is 6.30. The molecule has 0 unspecified atom stereocenters.